The second-order valence-electron chi connectivity index (χ2n) is 5.59. The summed E-state index contributed by atoms with van der Waals surface area (Å²) >= 11 is 0.976. The largest absolute Gasteiger partial charge is 0.476 e. The fourth-order valence-electron chi connectivity index (χ4n) is 2.48. The molecule has 1 aromatic carbocycles. The van der Waals surface area contributed by atoms with Crippen molar-refractivity contribution in [1.82, 2.24) is 5.16 Å². The predicted octanol–water partition coefficient (Wildman–Crippen LogP) is 4.22. The molecule has 25 heavy (non-hydrogen) atoms. The van der Waals surface area contributed by atoms with Crippen molar-refractivity contribution in [1.29, 1.82) is 0 Å². The maximum Gasteiger partial charge on any atom is 0.416 e. The normalized spacial score (nSPS) is 14.6. The van der Waals surface area contributed by atoms with Crippen molar-refractivity contribution in [2.24, 2.45) is 0 Å². The van der Waals surface area contributed by atoms with Crippen LogP contribution in [-0.4, -0.2) is 28.3 Å². The fraction of sp³-hybridized carbons (Fsp3) is 0.312. The molecule has 1 N–H and O–H groups in total. The third-order valence-electron chi connectivity index (χ3n) is 3.87. The summed E-state index contributed by atoms with van der Waals surface area (Å²) in [6.07, 6.45) is -1.50. The van der Waals surface area contributed by atoms with Crippen LogP contribution >= 0.6 is 11.8 Å². The minimum absolute atomic E-state index is 0.00639. The highest BCUT2D eigenvalue weighted by atomic mass is 32.2. The highest BCUT2D eigenvalue weighted by Gasteiger charge is 2.38. The van der Waals surface area contributed by atoms with Gasteiger partial charge in [-0.2, -0.15) is 13.2 Å². The van der Waals surface area contributed by atoms with E-state index >= 15 is 0 Å². The number of rotatable bonds is 5. The van der Waals surface area contributed by atoms with E-state index in [1.807, 2.05) is 0 Å². The summed E-state index contributed by atoms with van der Waals surface area (Å²) < 4.78 is 43.6. The van der Waals surface area contributed by atoms with Gasteiger partial charge in [-0.05, 0) is 37.3 Å². The van der Waals surface area contributed by atoms with Crippen LogP contribution in [0.3, 0.4) is 0 Å². The summed E-state index contributed by atoms with van der Waals surface area (Å²) in [5.74, 6) is -2.00. The molecule has 0 unspecified atom stereocenters. The molecule has 1 saturated carbocycles. The van der Waals surface area contributed by atoms with E-state index in [0.29, 0.717) is 0 Å². The first kappa shape index (κ1) is 17.5. The molecule has 1 aliphatic carbocycles. The third kappa shape index (κ3) is 3.28. The monoisotopic (exact) mass is 371 g/mol. The Kier molecular flexibility index (Phi) is 4.36. The minimum atomic E-state index is -4.53. The van der Waals surface area contributed by atoms with Crippen LogP contribution < -0.4 is 0 Å². The van der Waals surface area contributed by atoms with Gasteiger partial charge in [0.1, 0.15) is 5.56 Å². The Morgan fingerprint density at radius 3 is 2.52 bits per heavy atom. The van der Waals surface area contributed by atoms with Crippen LogP contribution in [0.4, 0.5) is 13.2 Å². The van der Waals surface area contributed by atoms with Gasteiger partial charge in [-0.25, -0.2) is 4.79 Å². The van der Waals surface area contributed by atoms with E-state index in [0.717, 1.165) is 42.8 Å². The molecular formula is C16H12F3NO4S. The maximum atomic E-state index is 12.9. The van der Waals surface area contributed by atoms with Crippen molar-refractivity contribution in [3.8, 4) is 0 Å². The molecule has 0 aliphatic heterocycles. The molecule has 0 spiro atoms. The molecule has 0 saturated heterocycles. The standard InChI is InChI=1S/C16H12F3NO4S/c1-25-10-6-8(16(17,18)19)4-5-9(10)13(21)11-12(15(22)23)20-24-14(11)7-2-3-7/h4-7H,2-3H2,1H3,(H,22,23). The lowest BCUT2D eigenvalue weighted by atomic mass is 9.98. The van der Waals surface area contributed by atoms with Crippen LogP contribution in [0.15, 0.2) is 27.6 Å². The third-order valence-corrected chi connectivity index (χ3v) is 4.65. The lowest BCUT2D eigenvalue weighted by Gasteiger charge is -2.11. The number of hydrogen-bond acceptors (Lipinski definition) is 5. The van der Waals surface area contributed by atoms with Gasteiger partial charge in [-0.1, -0.05) is 5.16 Å². The second kappa shape index (κ2) is 6.21. The number of nitrogens with zero attached hydrogens (tertiary/aromatic N) is 1. The van der Waals surface area contributed by atoms with Crippen LogP contribution in [0.1, 0.15) is 56.5 Å². The van der Waals surface area contributed by atoms with Gasteiger partial charge in [0, 0.05) is 16.4 Å². The Hall–Kier alpha value is -2.29. The van der Waals surface area contributed by atoms with E-state index in [2.05, 4.69) is 5.16 Å². The van der Waals surface area contributed by atoms with E-state index < -0.39 is 29.2 Å². The molecule has 0 atom stereocenters. The topological polar surface area (TPSA) is 80.4 Å². The first-order valence-electron chi connectivity index (χ1n) is 7.26. The average Bonchev–Trinajstić information content (AvgIpc) is 3.30. The van der Waals surface area contributed by atoms with Crippen molar-refractivity contribution in [2.45, 2.75) is 29.8 Å². The van der Waals surface area contributed by atoms with E-state index in [9.17, 15) is 27.9 Å². The van der Waals surface area contributed by atoms with Gasteiger partial charge < -0.3 is 9.63 Å². The molecule has 9 heteroatoms. The number of carbonyl (C=O) groups excluding carboxylic acids is 1. The summed E-state index contributed by atoms with van der Waals surface area (Å²) in [4.78, 5) is 24.3. The molecule has 0 bridgehead atoms. The quantitative estimate of drug-likeness (QED) is 0.626. The molecule has 3 rings (SSSR count). The molecule has 5 nitrogen and oxygen atoms in total. The molecule has 0 radical (unpaired) electrons. The average molecular weight is 371 g/mol. The molecule has 1 fully saturated rings. The zero-order chi connectivity index (χ0) is 18.4. The first-order valence-corrected chi connectivity index (χ1v) is 8.49. The van der Waals surface area contributed by atoms with E-state index in [-0.39, 0.29) is 27.7 Å². The van der Waals surface area contributed by atoms with Gasteiger partial charge in [-0.3, -0.25) is 4.79 Å². The lowest BCUT2D eigenvalue weighted by molar-refractivity contribution is -0.137. The van der Waals surface area contributed by atoms with Crippen LogP contribution in [0.5, 0.6) is 0 Å². The molecule has 0 amide bonds. The van der Waals surface area contributed by atoms with Crippen molar-refractivity contribution >= 4 is 23.5 Å². The molecule has 1 aromatic heterocycles. The number of hydrogen-bond donors (Lipinski definition) is 1. The van der Waals surface area contributed by atoms with E-state index in [1.165, 1.54) is 0 Å². The maximum absolute atomic E-state index is 12.9. The van der Waals surface area contributed by atoms with Crippen LogP contribution in [0, 0.1) is 0 Å². The van der Waals surface area contributed by atoms with Crippen molar-refractivity contribution in [3.63, 3.8) is 0 Å². The number of carbonyl (C=O) groups is 2. The summed E-state index contributed by atoms with van der Waals surface area (Å²) in [5, 5.41) is 12.7. The fourth-order valence-corrected chi connectivity index (χ4v) is 3.11. The zero-order valence-corrected chi connectivity index (χ0v) is 13.7. The SMILES string of the molecule is CSc1cc(C(F)(F)F)ccc1C(=O)c1c(C(=O)O)noc1C1CC1. The Balaban J connectivity index is 2.10. The van der Waals surface area contributed by atoms with Crippen LogP contribution in [0.2, 0.25) is 0 Å². The lowest BCUT2D eigenvalue weighted by Crippen LogP contribution is -2.12. The number of thioether (sulfide) groups is 1. The molecule has 1 heterocycles. The Bertz CT molecular complexity index is 856. The molecule has 132 valence electrons. The van der Waals surface area contributed by atoms with E-state index in [4.69, 9.17) is 4.52 Å². The summed E-state index contributed by atoms with van der Waals surface area (Å²) in [7, 11) is 0. The number of aromatic nitrogens is 1. The summed E-state index contributed by atoms with van der Waals surface area (Å²) in [6, 6.07) is 2.74. The number of halogens is 3. The van der Waals surface area contributed by atoms with Crippen LogP contribution in [0.25, 0.3) is 0 Å². The van der Waals surface area contributed by atoms with Gasteiger partial charge in [0.15, 0.2) is 11.5 Å². The van der Waals surface area contributed by atoms with Crippen molar-refractivity contribution in [3.05, 3.63) is 46.3 Å². The summed E-state index contributed by atoms with van der Waals surface area (Å²) in [6.45, 7) is 0. The van der Waals surface area contributed by atoms with Crippen LogP contribution in [-0.2, 0) is 6.18 Å². The number of aromatic carboxylic acids is 1. The van der Waals surface area contributed by atoms with Gasteiger partial charge in [0.25, 0.3) is 0 Å². The molecule has 1 aliphatic rings. The smallest absolute Gasteiger partial charge is 0.416 e. The Morgan fingerprint density at radius 1 is 1.32 bits per heavy atom. The molecular weight excluding hydrogens is 359 g/mol. The first-order chi connectivity index (χ1) is 11.7. The Morgan fingerprint density at radius 2 is 2.00 bits per heavy atom. The van der Waals surface area contributed by atoms with Crippen molar-refractivity contribution < 1.29 is 32.4 Å². The number of ketones is 1. The predicted molar refractivity (Wildman–Crippen MR) is 82.1 cm³/mol. The number of carboxylic acid groups (broad SMARTS) is 1. The number of benzene rings is 1. The van der Waals surface area contributed by atoms with Gasteiger partial charge in [0.2, 0.25) is 5.69 Å². The van der Waals surface area contributed by atoms with Gasteiger partial charge in [-0.15, -0.1) is 11.8 Å². The highest BCUT2D eigenvalue weighted by molar-refractivity contribution is 7.98. The number of alkyl halides is 3. The van der Waals surface area contributed by atoms with Crippen molar-refractivity contribution in [2.75, 3.05) is 6.26 Å². The highest BCUT2D eigenvalue weighted by Crippen LogP contribution is 2.43. The molecule has 2 aromatic rings. The number of carboxylic acids is 1. The summed E-state index contributed by atoms with van der Waals surface area (Å²) in [5.41, 5.74) is -1.57. The minimum Gasteiger partial charge on any atom is -0.476 e. The van der Waals surface area contributed by atoms with Gasteiger partial charge >= 0.3 is 12.1 Å². The zero-order valence-electron chi connectivity index (χ0n) is 12.9. The van der Waals surface area contributed by atoms with E-state index in [1.54, 1.807) is 6.26 Å². The van der Waals surface area contributed by atoms with Gasteiger partial charge in [0.05, 0.1) is 5.56 Å². The Labute approximate surface area is 144 Å². The second-order valence-corrected chi connectivity index (χ2v) is 6.44.